The van der Waals surface area contributed by atoms with Gasteiger partial charge in [0.25, 0.3) is 5.91 Å². The molecule has 1 heterocycles. The van der Waals surface area contributed by atoms with Crippen molar-refractivity contribution in [3.63, 3.8) is 0 Å². The summed E-state index contributed by atoms with van der Waals surface area (Å²) < 4.78 is 15.2. The molecule has 0 fully saturated rings. The summed E-state index contributed by atoms with van der Waals surface area (Å²) in [7, 11) is 0. The first-order chi connectivity index (χ1) is 14.4. The number of rotatable bonds is 4. The summed E-state index contributed by atoms with van der Waals surface area (Å²) in [5.41, 5.74) is 5.83. The van der Waals surface area contributed by atoms with Gasteiger partial charge in [-0.1, -0.05) is 35.9 Å². The lowest BCUT2D eigenvalue weighted by Gasteiger charge is -2.13. The minimum absolute atomic E-state index is 0.249. The number of benzene rings is 3. The molecule has 4 rings (SSSR count). The Hall–Kier alpha value is -3.37. The van der Waals surface area contributed by atoms with Crippen molar-refractivity contribution in [2.75, 3.05) is 5.32 Å². The van der Waals surface area contributed by atoms with Crippen molar-refractivity contribution in [3.8, 4) is 16.9 Å². The third-order valence-corrected chi connectivity index (χ3v) is 5.25. The van der Waals surface area contributed by atoms with E-state index >= 15 is 0 Å². The fourth-order valence-electron chi connectivity index (χ4n) is 3.50. The molecule has 150 valence electrons. The van der Waals surface area contributed by atoms with Gasteiger partial charge in [0.2, 0.25) is 0 Å². The van der Waals surface area contributed by atoms with Crippen LogP contribution in [0.3, 0.4) is 0 Å². The van der Waals surface area contributed by atoms with Crippen LogP contribution in [0.2, 0.25) is 5.02 Å². The molecule has 0 spiro atoms. The molecule has 0 aliphatic heterocycles. The minimum Gasteiger partial charge on any atom is -0.322 e. The van der Waals surface area contributed by atoms with Gasteiger partial charge in [0, 0.05) is 22.1 Å². The van der Waals surface area contributed by atoms with Crippen LogP contribution in [0.1, 0.15) is 21.6 Å². The van der Waals surface area contributed by atoms with Crippen molar-refractivity contribution in [3.05, 3.63) is 107 Å². The zero-order valence-corrected chi connectivity index (χ0v) is 17.4. The fraction of sp³-hybridized carbons (Fsp3) is 0.0800. The van der Waals surface area contributed by atoms with Crippen molar-refractivity contribution in [2.45, 2.75) is 13.8 Å². The quantitative estimate of drug-likeness (QED) is 0.388. The van der Waals surface area contributed by atoms with Crippen LogP contribution in [0.25, 0.3) is 16.9 Å². The molecule has 0 unspecified atom stereocenters. The molecule has 1 N–H and O–H groups in total. The van der Waals surface area contributed by atoms with Crippen LogP contribution < -0.4 is 5.32 Å². The van der Waals surface area contributed by atoms with E-state index in [9.17, 15) is 9.18 Å². The average molecular weight is 419 g/mol. The summed E-state index contributed by atoms with van der Waals surface area (Å²) in [4.78, 5) is 13.0. The second-order valence-corrected chi connectivity index (χ2v) is 7.61. The van der Waals surface area contributed by atoms with Gasteiger partial charge in [0.05, 0.1) is 11.3 Å². The molecule has 0 bridgehead atoms. The minimum atomic E-state index is -0.347. The predicted octanol–water partition coefficient (Wildman–Crippen LogP) is 6.81. The van der Waals surface area contributed by atoms with Crippen LogP contribution in [0.5, 0.6) is 0 Å². The van der Waals surface area contributed by atoms with E-state index in [1.54, 1.807) is 12.1 Å². The summed E-state index contributed by atoms with van der Waals surface area (Å²) in [6.07, 6.45) is 0. The molecule has 0 saturated heterocycles. The Kier molecular flexibility index (Phi) is 5.42. The van der Waals surface area contributed by atoms with Gasteiger partial charge in [-0.05, 0) is 79.6 Å². The Morgan fingerprint density at radius 2 is 1.63 bits per heavy atom. The molecule has 3 nitrogen and oxygen atoms in total. The van der Waals surface area contributed by atoms with Crippen LogP contribution in [-0.4, -0.2) is 10.5 Å². The molecular formula is C25H20ClFN2O. The molecule has 0 aliphatic rings. The largest absolute Gasteiger partial charge is 0.322 e. The Morgan fingerprint density at radius 3 is 2.30 bits per heavy atom. The Morgan fingerprint density at radius 1 is 0.933 bits per heavy atom. The van der Waals surface area contributed by atoms with Crippen LogP contribution in [0.4, 0.5) is 10.1 Å². The molecule has 1 aromatic heterocycles. The second kappa shape index (κ2) is 8.17. The third-order valence-electron chi connectivity index (χ3n) is 4.99. The van der Waals surface area contributed by atoms with Gasteiger partial charge in [0.1, 0.15) is 5.82 Å². The molecule has 0 radical (unpaired) electrons. The molecule has 1 amide bonds. The smallest absolute Gasteiger partial charge is 0.257 e. The van der Waals surface area contributed by atoms with Crippen molar-refractivity contribution in [1.82, 2.24) is 4.57 Å². The maximum Gasteiger partial charge on any atom is 0.257 e. The third kappa shape index (κ3) is 4.00. The SMILES string of the molecule is Cc1cccc(-n2c(-c3ccc(Cl)cc3)cc(C(=O)Nc3ccc(F)cc3)c2C)c1. The van der Waals surface area contributed by atoms with Crippen LogP contribution in [-0.2, 0) is 0 Å². The topological polar surface area (TPSA) is 34.0 Å². The van der Waals surface area contributed by atoms with E-state index in [0.717, 1.165) is 28.2 Å². The number of amides is 1. The number of aromatic nitrogens is 1. The van der Waals surface area contributed by atoms with E-state index in [1.807, 2.05) is 62.4 Å². The number of anilines is 1. The van der Waals surface area contributed by atoms with Crippen molar-refractivity contribution < 1.29 is 9.18 Å². The van der Waals surface area contributed by atoms with E-state index in [-0.39, 0.29) is 11.7 Å². The highest BCUT2D eigenvalue weighted by atomic mass is 35.5. The highest BCUT2D eigenvalue weighted by Crippen LogP contribution is 2.31. The number of carbonyl (C=O) groups excluding carboxylic acids is 1. The van der Waals surface area contributed by atoms with Crippen molar-refractivity contribution in [2.24, 2.45) is 0 Å². The zero-order chi connectivity index (χ0) is 21.3. The maximum absolute atomic E-state index is 13.2. The highest BCUT2D eigenvalue weighted by molar-refractivity contribution is 6.30. The molecule has 30 heavy (non-hydrogen) atoms. The molecular weight excluding hydrogens is 399 g/mol. The Labute approximate surface area is 179 Å². The number of hydrogen-bond donors (Lipinski definition) is 1. The number of carbonyl (C=O) groups is 1. The summed E-state index contributed by atoms with van der Waals surface area (Å²) in [5.74, 6) is -0.597. The van der Waals surface area contributed by atoms with Gasteiger partial charge >= 0.3 is 0 Å². The summed E-state index contributed by atoms with van der Waals surface area (Å²) >= 11 is 6.07. The van der Waals surface area contributed by atoms with Crippen molar-refractivity contribution in [1.29, 1.82) is 0 Å². The average Bonchev–Trinajstić information content (AvgIpc) is 3.07. The normalized spacial score (nSPS) is 10.8. The summed E-state index contributed by atoms with van der Waals surface area (Å²) in [6, 6.07) is 23.3. The van der Waals surface area contributed by atoms with Crippen molar-refractivity contribution >= 4 is 23.2 Å². The predicted molar refractivity (Wildman–Crippen MR) is 120 cm³/mol. The van der Waals surface area contributed by atoms with E-state index in [1.165, 1.54) is 12.1 Å². The maximum atomic E-state index is 13.2. The van der Waals surface area contributed by atoms with Gasteiger partial charge < -0.3 is 9.88 Å². The second-order valence-electron chi connectivity index (χ2n) is 7.17. The lowest BCUT2D eigenvalue weighted by Crippen LogP contribution is -2.13. The van der Waals surface area contributed by atoms with Gasteiger partial charge in [-0.25, -0.2) is 4.39 Å². The number of aryl methyl sites for hydroxylation is 1. The number of nitrogens with zero attached hydrogens (tertiary/aromatic N) is 1. The molecule has 5 heteroatoms. The van der Waals surface area contributed by atoms with E-state index in [2.05, 4.69) is 16.0 Å². The van der Waals surface area contributed by atoms with Gasteiger partial charge in [-0.15, -0.1) is 0 Å². The van der Waals surface area contributed by atoms with Crippen LogP contribution in [0.15, 0.2) is 78.9 Å². The first kappa shape index (κ1) is 19.9. The molecule has 0 saturated carbocycles. The summed E-state index contributed by atoms with van der Waals surface area (Å²) in [6.45, 7) is 3.95. The fourth-order valence-corrected chi connectivity index (χ4v) is 3.63. The molecule has 3 aromatic carbocycles. The van der Waals surface area contributed by atoms with E-state index in [0.29, 0.717) is 16.3 Å². The first-order valence-electron chi connectivity index (χ1n) is 9.54. The molecule has 4 aromatic rings. The zero-order valence-electron chi connectivity index (χ0n) is 16.6. The van der Waals surface area contributed by atoms with Crippen LogP contribution in [0, 0.1) is 19.7 Å². The monoisotopic (exact) mass is 418 g/mol. The molecule has 0 atom stereocenters. The lowest BCUT2D eigenvalue weighted by atomic mass is 10.1. The standard InChI is InChI=1S/C25H20ClFN2O/c1-16-4-3-5-22(14-16)29-17(2)23(15-24(29)18-6-8-19(26)9-7-18)25(30)28-21-12-10-20(27)11-13-21/h3-15H,1-2H3,(H,28,30). The van der Waals surface area contributed by atoms with Gasteiger partial charge in [0.15, 0.2) is 0 Å². The number of nitrogens with one attached hydrogen (secondary N) is 1. The van der Waals surface area contributed by atoms with Gasteiger partial charge in [-0.2, -0.15) is 0 Å². The number of hydrogen-bond acceptors (Lipinski definition) is 1. The summed E-state index contributed by atoms with van der Waals surface area (Å²) in [5, 5.41) is 3.50. The van der Waals surface area contributed by atoms with E-state index < -0.39 is 0 Å². The Bertz CT molecular complexity index is 1210. The lowest BCUT2D eigenvalue weighted by molar-refractivity contribution is 0.102. The highest BCUT2D eigenvalue weighted by Gasteiger charge is 2.20. The Balaban J connectivity index is 1.82. The number of halogens is 2. The van der Waals surface area contributed by atoms with Crippen LogP contribution >= 0.6 is 11.6 Å². The molecule has 0 aliphatic carbocycles. The van der Waals surface area contributed by atoms with E-state index in [4.69, 9.17) is 11.6 Å². The first-order valence-corrected chi connectivity index (χ1v) is 9.92. The van der Waals surface area contributed by atoms with Gasteiger partial charge in [-0.3, -0.25) is 4.79 Å².